The highest BCUT2D eigenvalue weighted by molar-refractivity contribution is 5.81. The Hall–Kier alpha value is -3.00. The van der Waals surface area contributed by atoms with Crippen molar-refractivity contribution in [2.24, 2.45) is 0 Å². The van der Waals surface area contributed by atoms with Crippen molar-refractivity contribution in [2.45, 2.75) is 31.3 Å². The van der Waals surface area contributed by atoms with Crippen LogP contribution in [0.3, 0.4) is 0 Å². The molecular formula is C20H16F3NO4. The molecule has 0 saturated heterocycles. The number of nitrogens with one attached hydrogen (secondary N) is 1. The number of rotatable bonds is 3. The van der Waals surface area contributed by atoms with Crippen molar-refractivity contribution >= 4 is 11.0 Å². The maximum Gasteiger partial charge on any atom is 0.426 e. The van der Waals surface area contributed by atoms with E-state index in [1.54, 1.807) is 24.3 Å². The van der Waals surface area contributed by atoms with Crippen molar-refractivity contribution in [3.05, 3.63) is 70.1 Å². The largest absolute Gasteiger partial charge is 0.508 e. The van der Waals surface area contributed by atoms with E-state index < -0.39 is 23.9 Å². The second kappa shape index (κ2) is 6.87. The maximum atomic E-state index is 13.5. The third kappa shape index (κ3) is 3.55. The van der Waals surface area contributed by atoms with E-state index in [1.165, 1.54) is 24.3 Å². The molecule has 0 saturated carbocycles. The van der Waals surface area contributed by atoms with E-state index in [-0.39, 0.29) is 30.0 Å². The van der Waals surface area contributed by atoms with Gasteiger partial charge in [-0.25, -0.2) is 4.79 Å². The zero-order valence-corrected chi connectivity index (χ0v) is 14.5. The lowest BCUT2D eigenvalue weighted by Crippen LogP contribution is -2.54. The number of fused-ring (bicyclic) bond motifs is 2. The van der Waals surface area contributed by atoms with Crippen molar-refractivity contribution in [3.63, 3.8) is 0 Å². The summed E-state index contributed by atoms with van der Waals surface area (Å²) >= 11 is 0. The molecule has 146 valence electrons. The topological polar surface area (TPSA) is 71.7 Å². The lowest BCUT2D eigenvalue weighted by Gasteiger charge is -2.35. The van der Waals surface area contributed by atoms with Gasteiger partial charge in [-0.15, -0.1) is 0 Å². The monoisotopic (exact) mass is 391 g/mol. The molecule has 28 heavy (non-hydrogen) atoms. The zero-order valence-electron chi connectivity index (χ0n) is 14.5. The predicted molar refractivity (Wildman–Crippen MR) is 95.4 cm³/mol. The van der Waals surface area contributed by atoms with Crippen molar-refractivity contribution in [3.8, 4) is 11.5 Å². The first-order chi connectivity index (χ1) is 13.3. The molecule has 1 aliphatic rings. The first-order valence-corrected chi connectivity index (χ1v) is 8.62. The van der Waals surface area contributed by atoms with Crippen LogP contribution in [0.1, 0.15) is 11.1 Å². The number of hydrogen-bond donors (Lipinski definition) is 2. The zero-order chi connectivity index (χ0) is 19.9. The summed E-state index contributed by atoms with van der Waals surface area (Å²) in [6.45, 7) is 0.00957. The van der Waals surface area contributed by atoms with Gasteiger partial charge in [0.2, 0.25) is 6.10 Å². The number of alkyl halides is 3. The van der Waals surface area contributed by atoms with Crippen LogP contribution in [0.25, 0.3) is 11.0 Å². The Morgan fingerprint density at radius 1 is 1.14 bits per heavy atom. The molecule has 0 unspecified atom stereocenters. The molecule has 8 heteroatoms. The van der Waals surface area contributed by atoms with E-state index in [9.17, 15) is 23.1 Å². The van der Waals surface area contributed by atoms with Crippen LogP contribution in [0.5, 0.6) is 11.5 Å². The second-order valence-electron chi connectivity index (χ2n) is 6.65. The van der Waals surface area contributed by atoms with E-state index in [0.29, 0.717) is 16.5 Å². The van der Waals surface area contributed by atoms with Crippen molar-refractivity contribution in [2.75, 3.05) is 0 Å². The Balaban J connectivity index is 1.63. The third-order valence-electron chi connectivity index (χ3n) is 4.72. The van der Waals surface area contributed by atoms with E-state index in [2.05, 4.69) is 5.32 Å². The minimum atomic E-state index is -4.55. The van der Waals surface area contributed by atoms with Gasteiger partial charge in [-0.05, 0) is 35.7 Å². The summed E-state index contributed by atoms with van der Waals surface area (Å²) < 4.78 is 50.8. The van der Waals surface area contributed by atoms with Crippen molar-refractivity contribution in [1.29, 1.82) is 0 Å². The average molecular weight is 391 g/mol. The predicted octanol–water partition coefficient (Wildman–Crippen LogP) is 3.52. The molecule has 2 atom stereocenters. The quantitative estimate of drug-likeness (QED) is 0.669. The SMILES string of the molecule is O=c1cc(CN[C@@H]2Cc3ccccc3O[C@H]2C(F)(F)F)c2ccc(O)cc2o1. The summed E-state index contributed by atoms with van der Waals surface area (Å²) in [5.41, 5.74) is 0.684. The highest BCUT2D eigenvalue weighted by atomic mass is 19.4. The Labute approximate surface area is 157 Å². The van der Waals surface area contributed by atoms with Crippen LogP contribution in [0.2, 0.25) is 0 Å². The summed E-state index contributed by atoms with van der Waals surface area (Å²) in [5.74, 6) is 0.152. The Bertz CT molecular complexity index is 1080. The lowest BCUT2D eigenvalue weighted by molar-refractivity contribution is -0.206. The highest BCUT2D eigenvalue weighted by Crippen LogP contribution is 2.35. The normalized spacial score (nSPS) is 19.2. The number of halogens is 3. The van der Waals surface area contributed by atoms with Crippen LogP contribution < -0.4 is 15.7 Å². The van der Waals surface area contributed by atoms with Gasteiger partial charge in [-0.3, -0.25) is 0 Å². The summed E-state index contributed by atoms with van der Waals surface area (Å²) in [6, 6.07) is 11.1. The van der Waals surface area contributed by atoms with E-state index in [0.717, 1.165) is 0 Å². The molecule has 5 nitrogen and oxygen atoms in total. The first kappa shape index (κ1) is 18.4. The molecule has 1 aliphatic heterocycles. The van der Waals surface area contributed by atoms with Gasteiger partial charge < -0.3 is 19.6 Å². The molecule has 3 aromatic rings. The molecule has 4 rings (SSSR count). The van der Waals surface area contributed by atoms with E-state index in [4.69, 9.17) is 9.15 Å². The van der Waals surface area contributed by atoms with Gasteiger partial charge in [0.1, 0.15) is 17.1 Å². The van der Waals surface area contributed by atoms with Crippen LogP contribution in [-0.2, 0) is 13.0 Å². The molecule has 0 bridgehead atoms. The fraction of sp³-hybridized carbons (Fsp3) is 0.250. The highest BCUT2D eigenvalue weighted by Gasteiger charge is 2.49. The minimum absolute atomic E-state index is 0.00957. The van der Waals surface area contributed by atoms with Gasteiger partial charge >= 0.3 is 11.8 Å². The Kier molecular flexibility index (Phi) is 4.50. The maximum absolute atomic E-state index is 13.5. The lowest BCUT2D eigenvalue weighted by atomic mass is 9.96. The number of phenolic OH excluding ortho intramolecular Hbond substituents is 1. The third-order valence-corrected chi connectivity index (χ3v) is 4.72. The van der Waals surface area contributed by atoms with Crippen LogP contribution in [0, 0.1) is 0 Å². The molecule has 0 radical (unpaired) electrons. The van der Waals surface area contributed by atoms with Crippen LogP contribution >= 0.6 is 0 Å². The summed E-state index contributed by atoms with van der Waals surface area (Å²) in [4.78, 5) is 11.8. The van der Waals surface area contributed by atoms with E-state index in [1.807, 2.05) is 0 Å². The number of para-hydroxylation sites is 1. The standard InChI is InChI=1S/C20H16F3NO4/c21-20(22,23)19-15(7-11-3-1-2-4-16(11)28-19)24-10-12-8-18(26)27-17-9-13(25)5-6-14(12)17/h1-6,8-9,15,19,24-25H,7,10H2/t15-,19-/m1/s1. The summed E-state index contributed by atoms with van der Waals surface area (Å²) in [6.07, 6.45) is -6.41. The first-order valence-electron chi connectivity index (χ1n) is 8.62. The fourth-order valence-electron chi connectivity index (χ4n) is 3.43. The molecule has 2 aromatic carbocycles. The molecule has 0 aliphatic carbocycles. The molecule has 0 spiro atoms. The molecule has 2 N–H and O–H groups in total. The molecule has 1 aromatic heterocycles. The second-order valence-corrected chi connectivity index (χ2v) is 6.65. The molecule has 2 heterocycles. The van der Waals surface area contributed by atoms with Crippen molar-refractivity contribution < 1.29 is 27.4 Å². The Morgan fingerprint density at radius 3 is 2.71 bits per heavy atom. The Morgan fingerprint density at radius 2 is 1.93 bits per heavy atom. The van der Waals surface area contributed by atoms with Gasteiger partial charge in [0, 0.05) is 24.1 Å². The number of ether oxygens (including phenoxy) is 1. The van der Waals surface area contributed by atoms with Gasteiger partial charge in [0.15, 0.2) is 0 Å². The van der Waals surface area contributed by atoms with E-state index >= 15 is 0 Å². The van der Waals surface area contributed by atoms with Crippen molar-refractivity contribution in [1.82, 2.24) is 5.32 Å². The van der Waals surface area contributed by atoms with Crippen LogP contribution in [0.15, 0.2) is 57.7 Å². The van der Waals surface area contributed by atoms with Gasteiger partial charge in [0.05, 0.1) is 6.04 Å². The smallest absolute Gasteiger partial charge is 0.426 e. The number of phenols is 1. The number of benzene rings is 2. The number of aromatic hydroxyl groups is 1. The molecule has 0 fully saturated rings. The summed E-state index contributed by atoms with van der Waals surface area (Å²) in [5, 5.41) is 13.0. The molecule has 0 amide bonds. The van der Waals surface area contributed by atoms with Gasteiger partial charge in [0.25, 0.3) is 0 Å². The van der Waals surface area contributed by atoms with Crippen LogP contribution in [0.4, 0.5) is 13.2 Å². The van der Waals surface area contributed by atoms with Gasteiger partial charge in [-0.1, -0.05) is 18.2 Å². The molecular weight excluding hydrogens is 375 g/mol. The minimum Gasteiger partial charge on any atom is -0.508 e. The number of hydrogen-bond acceptors (Lipinski definition) is 5. The average Bonchev–Trinajstić information content (AvgIpc) is 2.64. The van der Waals surface area contributed by atoms with Gasteiger partial charge in [-0.2, -0.15) is 13.2 Å². The fourth-order valence-corrected chi connectivity index (χ4v) is 3.43. The van der Waals surface area contributed by atoms with Crippen LogP contribution in [-0.4, -0.2) is 23.4 Å². The summed E-state index contributed by atoms with van der Waals surface area (Å²) in [7, 11) is 0.